The Labute approximate surface area is 159 Å². The first-order valence-corrected chi connectivity index (χ1v) is 10.8. The highest BCUT2D eigenvalue weighted by Gasteiger charge is 2.50. The van der Waals surface area contributed by atoms with Crippen molar-refractivity contribution in [1.29, 1.82) is 0 Å². The van der Waals surface area contributed by atoms with Crippen LogP contribution >= 0.6 is 0 Å². The van der Waals surface area contributed by atoms with Gasteiger partial charge in [-0.25, -0.2) is 13.1 Å². The first-order valence-electron chi connectivity index (χ1n) is 9.27. The number of likely N-dealkylation sites (tertiary alicyclic amines) is 1. The molecule has 2 aliphatic rings. The van der Waals surface area contributed by atoms with Crippen molar-refractivity contribution in [2.75, 3.05) is 13.1 Å². The van der Waals surface area contributed by atoms with Crippen molar-refractivity contribution in [3.63, 3.8) is 0 Å². The van der Waals surface area contributed by atoms with Gasteiger partial charge in [-0.2, -0.15) is 0 Å². The van der Waals surface area contributed by atoms with Gasteiger partial charge in [0.05, 0.1) is 4.90 Å². The lowest BCUT2D eigenvalue weighted by atomic mass is 9.59. The van der Waals surface area contributed by atoms with Crippen LogP contribution in [0.2, 0.25) is 0 Å². The van der Waals surface area contributed by atoms with Crippen molar-refractivity contribution in [3.05, 3.63) is 60.4 Å². The van der Waals surface area contributed by atoms with Crippen molar-refractivity contribution >= 4 is 15.9 Å². The second-order valence-electron chi connectivity index (χ2n) is 7.42. The van der Waals surface area contributed by atoms with Gasteiger partial charge >= 0.3 is 0 Å². The highest BCUT2D eigenvalue weighted by atomic mass is 32.2. The van der Waals surface area contributed by atoms with Gasteiger partial charge in [0.15, 0.2) is 0 Å². The van der Waals surface area contributed by atoms with Crippen molar-refractivity contribution in [1.82, 2.24) is 14.6 Å². The van der Waals surface area contributed by atoms with Crippen LogP contribution in [0, 0.1) is 5.41 Å². The zero-order valence-electron chi connectivity index (χ0n) is 15.0. The van der Waals surface area contributed by atoms with Crippen LogP contribution in [0.4, 0.5) is 0 Å². The van der Waals surface area contributed by atoms with E-state index in [0.717, 1.165) is 25.7 Å². The van der Waals surface area contributed by atoms with E-state index in [0.29, 0.717) is 23.5 Å². The number of hydrogen-bond donors (Lipinski definition) is 1. The molecule has 1 aliphatic carbocycles. The van der Waals surface area contributed by atoms with E-state index in [9.17, 15) is 13.2 Å². The number of amides is 1. The van der Waals surface area contributed by atoms with Gasteiger partial charge in [0, 0.05) is 37.1 Å². The van der Waals surface area contributed by atoms with Gasteiger partial charge in [0.2, 0.25) is 10.0 Å². The maximum Gasteiger partial charge on any atom is 0.253 e. The molecule has 1 spiro atoms. The standard InChI is InChI=1S/C20H23N3O3S/c24-19(16-7-12-21-13-8-16)23-14-10-20(11-15-23)9-6-18(20)22-27(25,26)17-4-2-1-3-5-17/h1-5,7-8,12-13,18,22H,6,9-11,14-15H2. The normalized spacial score (nSPS) is 21.6. The summed E-state index contributed by atoms with van der Waals surface area (Å²) in [5, 5.41) is 0. The summed E-state index contributed by atoms with van der Waals surface area (Å²) < 4.78 is 28.2. The molecule has 0 radical (unpaired) electrons. The van der Waals surface area contributed by atoms with E-state index in [4.69, 9.17) is 0 Å². The largest absolute Gasteiger partial charge is 0.339 e. The van der Waals surface area contributed by atoms with Gasteiger partial charge in [-0.15, -0.1) is 0 Å². The van der Waals surface area contributed by atoms with Crippen LogP contribution in [0.1, 0.15) is 36.0 Å². The lowest BCUT2D eigenvalue weighted by Crippen LogP contribution is -2.59. The Bertz CT molecular complexity index is 908. The topological polar surface area (TPSA) is 79.4 Å². The molecular weight excluding hydrogens is 362 g/mol. The first kappa shape index (κ1) is 18.1. The Morgan fingerprint density at radius 1 is 1.04 bits per heavy atom. The molecule has 2 heterocycles. The van der Waals surface area contributed by atoms with Crippen LogP contribution in [0.3, 0.4) is 0 Å². The summed E-state index contributed by atoms with van der Waals surface area (Å²) in [5.41, 5.74) is 0.618. The molecule has 1 aromatic carbocycles. The first-order chi connectivity index (χ1) is 13.0. The molecule has 6 nitrogen and oxygen atoms in total. The third-order valence-corrected chi connectivity index (χ3v) is 7.48. The summed E-state index contributed by atoms with van der Waals surface area (Å²) in [6.07, 6.45) is 6.76. The zero-order valence-corrected chi connectivity index (χ0v) is 15.9. The molecule has 2 aromatic rings. The third-order valence-electron chi connectivity index (χ3n) is 5.99. The number of sulfonamides is 1. The van der Waals surface area contributed by atoms with E-state index in [1.54, 1.807) is 54.9 Å². The smallest absolute Gasteiger partial charge is 0.253 e. The summed E-state index contributed by atoms with van der Waals surface area (Å²) in [4.78, 5) is 18.7. The van der Waals surface area contributed by atoms with E-state index in [2.05, 4.69) is 9.71 Å². The fourth-order valence-corrected chi connectivity index (χ4v) is 5.56. The summed E-state index contributed by atoms with van der Waals surface area (Å²) >= 11 is 0. The molecule has 1 atom stereocenters. The van der Waals surface area contributed by atoms with Crippen LogP contribution in [-0.2, 0) is 10.0 Å². The van der Waals surface area contributed by atoms with E-state index >= 15 is 0 Å². The van der Waals surface area contributed by atoms with E-state index in [1.807, 2.05) is 4.90 Å². The number of carbonyl (C=O) groups is 1. The van der Waals surface area contributed by atoms with Gasteiger partial charge < -0.3 is 4.90 Å². The molecule has 27 heavy (non-hydrogen) atoms. The lowest BCUT2D eigenvalue weighted by Gasteiger charge is -2.53. The Hall–Kier alpha value is -2.25. The molecular formula is C20H23N3O3S. The summed E-state index contributed by atoms with van der Waals surface area (Å²) in [7, 11) is -3.51. The van der Waals surface area contributed by atoms with Crippen molar-refractivity contribution in [2.45, 2.75) is 36.6 Å². The minimum absolute atomic E-state index is 0.0213. The Kier molecular flexibility index (Phi) is 4.74. The Balaban J connectivity index is 1.41. The fourth-order valence-electron chi connectivity index (χ4n) is 4.17. The third kappa shape index (κ3) is 3.49. The quantitative estimate of drug-likeness (QED) is 0.877. The average Bonchev–Trinajstić information content (AvgIpc) is 2.72. The van der Waals surface area contributed by atoms with Crippen LogP contribution in [0.25, 0.3) is 0 Å². The fraction of sp³-hybridized carbons (Fsp3) is 0.400. The molecule has 1 aliphatic heterocycles. The minimum atomic E-state index is -3.51. The average molecular weight is 385 g/mol. The van der Waals surface area contributed by atoms with Crippen molar-refractivity contribution < 1.29 is 13.2 Å². The van der Waals surface area contributed by atoms with Gasteiger partial charge in [-0.05, 0) is 55.4 Å². The highest BCUT2D eigenvalue weighted by Crippen LogP contribution is 2.49. The number of hydrogen-bond acceptors (Lipinski definition) is 4. The molecule has 1 amide bonds. The Morgan fingerprint density at radius 2 is 1.70 bits per heavy atom. The van der Waals surface area contributed by atoms with Crippen molar-refractivity contribution in [3.8, 4) is 0 Å². The number of nitrogens with zero attached hydrogens (tertiary/aromatic N) is 2. The molecule has 1 aromatic heterocycles. The maximum absolute atomic E-state index is 12.6. The monoisotopic (exact) mass is 385 g/mol. The predicted molar refractivity (Wildman–Crippen MR) is 102 cm³/mol. The van der Waals surface area contributed by atoms with Crippen LogP contribution < -0.4 is 4.72 Å². The van der Waals surface area contributed by atoms with E-state index < -0.39 is 10.0 Å². The van der Waals surface area contributed by atoms with Crippen LogP contribution in [0.5, 0.6) is 0 Å². The molecule has 1 unspecified atom stereocenters. The maximum atomic E-state index is 12.6. The SMILES string of the molecule is O=C(c1ccncc1)N1CCC2(CCC2NS(=O)(=O)c2ccccc2)CC1. The molecule has 2 fully saturated rings. The molecule has 0 bridgehead atoms. The lowest BCUT2D eigenvalue weighted by molar-refractivity contribution is 0.00509. The molecule has 1 saturated carbocycles. The molecule has 7 heteroatoms. The number of nitrogens with one attached hydrogen (secondary N) is 1. The Morgan fingerprint density at radius 3 is 2.30 bits per heavy atom. The summed E-state index contributed by atoms with van der Waals surface area (Å²) in [6.45, 7) is 1.31. The number of benzene rings is 1. The minimum Gasteiger partial charge on any atom is -0.339 e. The van der Waals surface area contributed by atoms with Gasteiger partial charge in [0.25, 0.3) is 5.91 Å². The second-order valence-corrected chi connectivity index (χ2v) is 9.13. The second kappa shape index (κ2) is 7.05. The number of carbonyl (C=O) groups excluding carboxylic acids is 1. The van der Waals surface area contributed by atoms with Gasteiger partial charge in [-0.3, -0.25) is 9.78 Å². The molecule has 142 valence electrons. The van der Waals surface area contributed by atoms with Crippen LogP contribution in [0.15, 0.2) is 59.8 Å². The predicted octanol–water partition coefficient (Wildman–Crippen LogP) is 2.44. The van der Waals surface area contributed by atoms with Gasteiger partial charge in [-0.1, -0.05) is 18.2 Å². The van der Waals surface area contributed by atoms with Crippen molar-refractivity contribution in [2.24, 2.45) is 5.41 Å². The molecule has 1 saturated heterocycles. The number of pyridine rings is 1. The van der Waals surface area contributed by atoms with Crippen LogP contribution in [-0.4, -0.2) is 43.3 Å². The number of rotatable bonds is 4. The summed E-state index contributed by atoms with van der Waals surface area (Å²) in [5.74, 6) is 0.0213. The molecule has 4 rings (SSSR count). The summed E-state index contributed by atoms with van der Waals surface area (Å²) in [6, 6.07) is 11.9. The molecule has 1 N–H and O–H groups in total. The van der Waals surface area contributed by atoms with Gasteiger partial charge in [0.1, 0.15) is 0 Å². The number of aromatic nitrogens is 1. The van der Waals surface area contributed by atoms with E-state index in [1.165, 1.54) is 0 Å². The number of piperidine rings is 1. The van der Waals surface area contributed by atoms with E-state index in [-0.39, 0.29) is 17.4 Å². The highest BCUT2D eigenvalue weighted by molar-refractivity contribution is 7.89. The zero-order chi connectivity index (χ0) is 18.9.